The van der Waals surface area contributed by atoms with E-state index in [1.54, 1.807) is 0 Å². The molecule has 0 aliphatic heterocycles. The lowest BCUT2D eigenvalue weighted by atomic mass is 9.95. The van der Waals surface area contributed by atoms with E-state index in [1.165, 1.54) is 0 Å². The maximum atomic E-state index is 11.3. The molecule has 0 bridgehead atoms. The predicted octanol–water partition coefficient (Wildman–Crippen LogP) is 1.03. The Hall–Kier alpha value is -1.10. The summed E-state index contributed by atoms with van der Waals surface area (Å²) in [4.78, 5) is 21.5. The van der Waals surface area contributed by atoms with Gasteiger partial charge in [-0.1, -0.05) is 26.7 Å². The third-order valence-electron chi connectivity index (χ3n) is 2.60. The molecule has 0 saturated carbocycles. The zero-order valence-electron chi connectivity index (χ0n) is 10.2. The molecule has 1 atom stereocenters. The standard InChI is InChI=1S/C11H21NO4/c1-4-9(5-2)8(3)12-10(13)6-16-7-11(14)15/h8-9H,4-7H2,1-3H3,(H,12,13)(H,14,15). The van der Waals surface area contributed by atoms with Gasteiger partial charge in [-0.3, -0.25) is 4.79 Å². The molecule has 94 valence electrons. The van der Waals surface area contributed by atoms with Gasteiger partial charge in [0.2, 0.25) is 5.91 Å². The number of ether oxygens (including phenoxy) is 1. The average Bonchev–Trinajstić information content (AvgIpc) is 2.18. The van der Waals surface area contributed by atoms with Crippen molar-refractivity contribution in [3.05, 3.63) is 0 Å². The number of hydrogen-bond donors (Lipinski definition) is 2. The molecule has 0 radical (unpaired) electrons. The molecule has 0 rings (SSSR count). The van der Waals surface area contributed by atoms with Gasteiger partial charge >= 0.3 is 5.97 Å². The van der Waals surface area contributed by atoms with Crippen molar-refractivity contribution in [1.82, 2.24) is 5.32 Å². The van der Waals surface area contributed by atoms with E-state index in [0.717, 1.165) is 12.8 Å². The highest BCUT2D eigenvalue weighted by atomic mass is 16.5. The van der Waals surface area contributed by atoms with Gasteiger partial charge in [0.15, 0.2) is 0 Å². The van der Waals surface area contributed by atoms with Gasteiger partial charge in [0.1, 0.15) is 13.2 Å². The number of carbonyl (C=O) groups is 2. The van der Waals surface area contributed by atoms with Crippen LogP contribution >= 0.6 is 0 Å². The van der Waals surface area contributed by atoms with Gasteiger partial charge < -0.3 is 15.2 Å². The Kier molecular flexibility index (Phi) is 7.54. The van der Waals surface area contributed by atoms with Gasteiger partial charge in [0.05, 0.1) is 0 Å². The molecule has 5 nitrogen and oxygen atoms in total. The Morgan fingerprint density at radius 3 is 2.25 bits per heavy atom. The Labute approximate surface area is 96.2 Å². The van der Waals surface area contributed by atoms with E-state index in [9.17, 15) is 9.59 Å². The summed E-state index contributed by atoms with van der Waals surface area (Å²) >= 11 is 0. The van der Waals surface area contributed by atoms with Crippen molar-refractivity contribution in [2.75, 3.05) is 13.2 Å². The monoisotopic (exact) mass is 231 g/mol. The molecule has 0 heterocycles. The summed E-state index contributed by atoms with van der Waals surface area (Å²) in [5.41, 5.74) is 0. The quantitative estimate of drug-likeness (QED) is 0.654. The second-order valence-corrected chi connectivity index (χ2v) is 3.82. The number of carboxylic acid groups (broad SMARTS) is 1. The lowest BCUT2D eigenvalue weighted by molar-refractivity contribution is -0.143. The summed E-state index contributed by atoms with van der Waals surface area (Å²) in [5.74, 6) is -0.884. The lowest BCUT2D eigenvalue weighted by Gasteiger charge is -2.22. The second-order valence-electron chi connectivity index (χ2n) is 3.82. The van der Waals surface area contributed by atoms with E-state index < -0.39 is 12.6 Å². The van der Waals surface area contributed by atoms with Crippen molar-refractivity contribution in [2.45, 2.75) is 39.7 Å². The van der Waals surface area contributed by atoms with Crippen molar-refractivity contribution >= 4 is 11.9 Å². The van der Waals surface area contributed by atoms with Crippen LogP contribution in [0.3, 0.4) is 0 Å². The number of rotatable bonds is 8. The highest BCUT2D eigenvalue weighted by Gasteiger charge is 2.15. The van der Waals surface area contributed by atoms with Crippen LogP contribution in [0.15, 0.2) is 0 Å². The highest BCUT2D eigenvalue weighted by molar-refractivity contribution is 5.78. The first-order valence-corrected chi connectivity index (χ1v) is 5.60. The minimum Gasteiger partial charge on any atom is -0.480 e. The molecule has 5 heteroatoms. The maximum Gasteiger partial charge on any atom is 0.329 e. The van der Waals surface area contributed by atoms with Crippen molar-refractivity contribution in [3.8, 4) is 0 Å². The smallest absolute Gasteiger partial charge is 0.329 e. The van der Waals surface area contributed by atoms with E-state index >= 15 is 0 Å². The molecule has 0 aromatic heterocycles. The minimum atomic E-state index is -1.07. The van der Waals surface area contributed by atoms with Crippen molar-refractivity contribution in [3.63, 3.8) is 0 Å². The molecule has 0 spiro atoms. The molecule has 0 aliphatic rings. The topological polar surface area (TPSA) is 75.6 Å². The molecule has 0 fully saturated rings. The van der Waals surface area contributed by atoms with Crippen LogP contribution in [0.4, 0.5) is 0 Å². The van der Waals surface area contributed by atoms with Gasteiger partial charge in [-0.05, 0) is 12.8 Å². The van der Waals surface area contributed by atoms with Crippen LogP contribution in [-0.2, 0) is 14.3 Å². The van der Waals surface area contributed by atoms with Crippen LogP contribution in [0, 0.1) is 5.92 Å². The van der Waals surface area contributed by atoms with Crippen LogP contribution in [0.1, 0.15) is 33.6 Å². The van der Waals surface area contributed by atoms with Gasteiger partial charge in [-0.25, -0.2) is 4.79 Å². The number of hydrogen-bond acceptors (Lipinski definition) is 3. The fourth-order valence-electron chi connectivity index (χ4n) is 1.64. The zero-order chi connectivity index (χ0) is 12.6. The van der Waals surface area contributed by atoms with Crippen LogP contribution < -0.4 is 5.32 Å². The van der Waals surface area contributed by atoms with Crippen molar-refractivity contribution < 1.29 is 19.4 Å². The van der Waals surface area contributed by atoms with E-state index in [2.05, 4.69) is 19.2 Å². The fourth-order valence-corrected chi connectivity index (χ4v) is 1.64. The first-order valence-electron chi connectivity index (χ1n) is 5.60. The number of aliphatic carboxylic acids is 1. The minimum absolute atomic E-state index is 0.0935. The number of carboxylic acids is 1. The zero-order valence-corrected chi connectivity index (χ0v) is 10.2. The summed E-state index contributed by atoms with van der Waals surface area (Å²) in [6.07, 6.45) is 2.02. The Bertz CT molecular complexity index is 226. The van der Waals surface area contributed by atoms with Gasteiger partial charge in [-0.15, -0.1) is 0 Å². The largest absolute Gasteiger partial charge is 0.480 e. The number of carbonyl (C=O) groups excluding carboxylic acids is 1. The molecule has 0 aromatic rings. The van der Waals surface area contributed by atoms with E-state index in [0.29, 0.717) is 5.92 Å². The molecule has 1 unspecified atom stereocenters. The fraction of sp³-hybridized carbons (Fsp3) is 0.818. The molecule has 1 amide bonds. The molecular formula is C11H21NO4. The van der Waals surface area contributed by atoms with E-state index in [1.807, 2.05) is 6.92 Å². The van der Waals surface area contributed by atoms with E-state index in [4.69, 9.17) is 9.84 Å². The molecule has 16 heavy (non-hydrogen) atoms. The summed E-state index contributed by atoms with van der Waals surface area (Å²) in [6.45, 7) is 5.48. The van der Waals surface area contributed by atoms with E-state index in [-0.39, 0.29) is 18.6 Å². The summed E-state index contributed by atoms with van der Waals surface area (Å²) in [6, 6.07) is 0.0935. The van der Waals surface area contributed by atoms with Crippen LogP contribution in [0.5, 0.6) is 0 Å². The van der Waals surface area contributed by atoms with Gasteiger partial charge in [0, 0.05) is 6.04 Å². The second kappa shape index (κ2) is 8.10. The molecule has 0 aliphatic carbocycles. The van der Waals surface area contributed by atoms with Crippen molar-refractivity contribution in [1.29, 1.82) is 0 Å². The van der Waals surface area contributed by atoms with Crippen molar-refractivity contribution in [2.24, 2.45) is 5.92 Å². The van der Waals surface area contributed by atoms with Crippen LogP contribution in [0.2, 0.25) is 0 Å². The Morgan fingerprint density at radius 2 is 1.81 bits per heavy atom. The third-order valence-corrected chi connectivity index (χ3v) is 2.60. The van der Waals surface area contributed by atoms with Gasteiger partial charge in [0.25, 0.3) is 0 Å². The molecule has 2 N–H and O–H groups in total. The van der Waals surface area contributed by atoms with Crippen LogP contribution in [-0.4, -0.2) is 36.2 Å². The first-order chi connectivity index (χ1) is 7.51. The first kappa shape index (κ1) is 14.9. The lowest BCUT2D eigenvalue weighted by Crippen LogP contribution is -2.40. The summed E-state index contributed by atoms with van der Waals surface area (Å²) in [5, 5.41) is 11.1. The maximum absolute atomic E-state index is 11.3. The summed E-state index contributed by atoms with van der Waals surface area (Å²) in [7, 11) is 0. The number of amides is 1. The average molecular weight is 231 g/mol. The van der Waals surface area contributed by atoms with Crippen LogP contribution in [0.25, 0.3) is 0 Å². The summed E-state index contributed by atoms with van der Waals surface area (Å²) < 4.78 is 4.69. The third kappa shape index (κ3) is 6.40. The molecule has 0 aromatic carbocycles. The normalized spacial score (nSPS) is 12.5. The SMILES string of the molecule is CCC(CC)C(C)NC(=O)COCC(=O)O. The Morgan fingerprint density at radius 1 is 1.25 bits per heavy atom. The Balaban J connectivity index is 3.81. The molecule has 0 saturated heterocycles. The van der Waals surface area contributed by atoms with Gasteiger partial charge in [-0.2, -0.15) is 0 Å². The number of nitrogens with one attached hydrogen (secondary N) is 1. The predicted molar refractivity (Wildman–Crippen MR) is 60.1 cm³/mol. The highest BCUT2D eigenvalue weighted by Crippen LogP contribution is 2.12. The molecular weight excluding hydrogens is 210 g/mol.